The number of rotatable bonds is 6. The molecule has 2 amide bonds. The number of primary amides is 1. The Hall–Kier alpha value is -2.83. The third-order valence-electron chi connectivity index (χ3n) is 3.17. The molecule has 0 aliphatic carbocycles. The molecule has 2 aromatic rings. The highest BCUT2D eigenvalue weighted by Gasteiger charge is 2.17. The first kappa shape index (κ1) is 14.6. The van der Waals surface area contributed by atoms with Crippen LogP contribution in [0, 0.1) is 0 Å². The van der Waals surface area contributed by atoms with Crippen molar-refractivity contribution in [1.29, 1.82) is 0 Å². The first-order valence-corrected chi connectivity index (χ1v) is 6.24. The van der Waals surface area contributed by atoms with Gasteiger partial charge in [0.05, 0.1) is 7.11 Å². The van der Waals surface area contributed by atoms with Gasteiger partial charge >= 0.3 is 0 Å². The molecule has 7 nitrogen and oxygen atoms in total. The number of fused-ring (bicyclic) bond motifs is 1. The van der Waals surface area contributed by atoms with E-state index in [9.17, 15) is 14.4 Å². The van der Waals surface area contributed by atoms with E-state index in [0.29, 0.717) is 23.2 Å². The van der Waals surface area contributed by atoms with Crippen LogP contribution in [0.15, 0.2) is 29.1 Å². The van der Waals surface area contributed by atoms with Crippen LogP contribution < -0.4 is 21.3 Å². The van der Waals surface area contributed by atoms with Gasteiger partial charge in [0.15, 0.2) is 0 Å². The zero-order valence-corrected chi connectivity index (χ0v) is 11.4. The molecular weight excluding hydrogens is 274 g/mol. The van der Waals surface area contributed by atoms with Crippen LogP contribution in [0.3, 0.4) is 0 Å². The summed E-state index contributed by atoms with van der Waals surface area (Å²) in [6, 6.07) is 5.96. The van der Waals surface area contributed by atoms with Gasteiger partial charge in [-0.15, -0.1) is 0 Å². The number of methoxy groups -OCH3 is 1. The van der Waals surface area contributed by atoms with Gasteiger partial charge < -0.3 is 20.8 Å². The van der Waals surface area contributed by atoms with Crippen LogP contribution in [0.25, 0.3) is 10.9 Å². The predicted octanol–water partition coefficient (Wildman–Crippen LogP) is -0.321. The minimum absolute atomic E-state index is 0.0244. The lowest BCUT2D eigenvalue weighted by Crippen LogP contribution is -2.43. The summed E-state index contributed by atoms with van der Waals surface area (Å²) in [7, 11) is 1.55. The molecule has 0 saturated carbocycles. The minimum atomic E-state index is -0.924. The Kier molecular flexibility index (Phi) is 4.22. The first-order valence-electron chi connectivity index (χ1n) is 6.24. The van der Waals surface area contributed by atoms with E-state index in [0.717, 1.165) is 5.39 Å². The molecule has 0 spiro atoms. The molecule has 4 N–H and O–H groups in total. The summed E-state index contributed by atoms with van der Waals surface area (Å²) in [5, 5.41) is 3.06. The van der Waals surface area contributed by atoms with Crippen molar-refractivity contribution < 1.29 is 14.3 Å². The van der Waals surface area contributed by atoms with E-state index < -0.39 is 11.9 Å². The number of carbonyl (C=O) groups is 2. The molecule has 7 heteroatoms. The van der Waals surface area contributed by atoms with Crippen molar-refractivity contribution >= 4 is 23.2 Å². The number of hydrogen-bond acceptors (Lipinski definition) is 4. The Morgan fingerprint density at radius 3 is 2.86 bits per heavy atom. The zero-order valence-electron chi connectivity index (χ0n) is 11.4. The van der Waals surface area contributed by atoms with Gasteiger partial charge in [-0.05, 0) is 24.3 Å². The van der Waals surface area contributed by atoms with Crippen LogP contribution in [0.1, 0.15) is 5.56 Å². The number of hydrogen-bond donors (Lipinski definition) is 3. The average molecular weight is 289 g/mol. The molecule has 1 aromatic carbocycles. The summed E-state index contributed by atoms with van der Waals surface area (Å²) in [5.41, 5.74) is 5.87. The molecule has 0 fully saturated rings. The van der Waals surface area contributed by atoms with Gasteiger partial charge in [0, 0.05) is 22.9 Å². The summed E-state index contributed by atoms with van der Waals surface area (Å²) in [4.78, 5) is 36.4. The maximum Gasteiger partial charge on any atom is 0.251 e. The van der Waals surface area contributed by atoms with Gasteiger partial charge in [0.25, 0.3) is 5.56 Å². The van der Waals surface area contributed by atoms with Crippen molar-refractivity contribution in [2.45, 2.75) is 12.5 Å². The average Bonchev–Trinajstić information content (AvgIpc) is 2.46. The number of H-pyrrole nitrogens is 1. The van der Waals surface area contributed by atoms with Crippen molar-refractivity contribution in [3.8, 4) is 5.75 Å². The molecule has 1 unspecified atom stereocenters. The van der Waals surface area contributed by atoms with Crippen LogP contribution in [0.4, 0.5) is 0 Å². The van der Waals surface area contributed by atoms with E-state index in [-0.39, 0.29) is 12.0 Å². The lowest BCUT2D eigenvalue weighted by Gasteiger charge is -2.12. The van der Waals surface area contributed by atoms with Gasteiger partial charge in [0.1, 0.15) is 11.8 Å². The van der Waals surface area contributed by atoms with Gasteiger partial charge in [-0.2, -0.15) is 0 Å². The Morgan fingerprint density at radius 1 is 1.48 bits per heavy atom. The van der Waals surface area contributed by atoms with E-state index in [1.165, 1.54) is 0 Å². The smallest absolute Gasteiger partial charge is 0.251 e. The molecule has 1 aromatic heterocycles. The molecule has 21 heavy (non-hydrogen) atoms. The van der Waals surface area contributed by atoms with E-state index in [4.69, 9.17) is 10.5 Å². The normalized spacial score (nSPS) is 11.9. The van der Waals surface area contributed by atoms with E-state index in [2.05, 4.69) is 10.3 Å². The highest BCUT2D eigenvalue weighted by molar-refractivity contribution is 5.83. The first-order chi connectivity index (χ1) is 10.0. The van der Waals surface area contributed by atoms with E-state index in [1.54, 1.807) is 31.4 Å². The molecule has 1 atom stereocenters. The third kappa shape index (κ3) is 3.19. The molecule has 0 aliphatic rings. The lowest BCUT2D eigenvalue weighted by atomic mass is 10.0. The fraction of sp³-hybridized carbons (Fsp3) is 0.214. The molecule has 0 aliphatic heterocycles. The maximum atomic E-state index is 12.0. The monoisotopic (exact) mass is 289 g/mol. The maximum absolute atomic E-state index is 12.0. The summed E-state index contributed by atoms with van der Waals surface area (Å²) < 4.78 is 5.13. The predicted molar refractivity (Wildman–Crippen MR) is 77.0 cm³/mol. The summed E-state index contributed by atoms with van der Waals surface area (Å²) in [6.07, 6.45) is 0.407. The quantitative estimate of drug-likeness (QED) is 0.632. The van der Waals surface area contributed by atoms with Crippen molar-refractivity contribution in [2.24, 2.45) is 5.73 Å². The Bertz CT molecular complexity index is 739. The fourth-order valence-corrected chi connectivity index (χ4v) is 2.05. The van der Waals surface area contributed by atoms with Crippen LogP contribution in [-0.4, -0.2) is 30.5 Å². The Labute approximate surface area is 120 Å². The number of aromatic amines is 1. The van der Waals surface area contributed by atoms with Crippen LogP contribution in [-0.2, 0) is 16.0 Å². The van der Waals surface area contributed by atoms with Gasteiger partial charge in [-0.3, -0.25) is 14.4 Å². The molecule has 0 bridgehead atoms. The Morgan fingerprint density at radius 2 is 2.24 bits per heavy atom. The second-order valence-corrected chi connectivity index (χ2v) is 4.52. The molecule has 0 radical (unpaired) electrons. The van der Waals surface area contributed by atoms with Crippen LogP contribution >= 0.6 is 0 Å². The number of nitrogens with one attached hydrogen (secondary N) is 2. The number of pyridine rings is 1. The largest absolute Gasteiger partial charge is 0.497 e. The summed E-state index contributed by atoms with van der Waals surface area (Å²) >= 11 is 0. The Balaban J connectivity index is 2.43. The molecule has 0 saturated heterocycles. The number of ether oxygens (including phenoxy) is 1. The van der Waals surface area contributed by atoms with Crippen LogP contribution in [0.5, 0.6) is 5.75 Å². The molecule has 2 rings (SSSR count). The van der Waals surface area contributed by atoms with Crippen LogP contribution in [0.2, 0.25) is 0 Å². The summed E-state index contributed by atoms with van der Waals surface area (Å²) in [6.45, 7) is 0. The zero-order chi connectivity index (χ0) is 15.4. The van der Waals surface area contributed by atoms with Gasteiger partial charge in [-0.1, -0.05) is 0 Å². The number of amides is 2. The number of nitrogens with two attached hydrogens (primary N) is 1. The van der Waals surface area contributed by atoms with Gasteiger partial charge in [-0.25, -0.2) is 0 Å². The second-order valence-electron chi connectivity index (χ2n) is 4.52. The topological polar surface area (TPSA) is 114 Å². The summed E-state index contributed by atoms with van der Waals surface area (Å²) in [5.74, 6) is -0.0507. The number of benzene rings is 1. The van der Waals surface area contributed by atoms with E-state index in [1.807, 2.05) is 0 Å². The highest BCUT2D eigenvalue weighted by atomic mass is 16.5. The minimum Gasteiger partial charge on any atom is -0.497 e. The highest BCUT2D eigenvalue weighted by Crippen LogP contribution is 2.19. The molecule has 110 valence electrons. The standard InChI is InChI=1S/C14H15N3O4/c1-21-10-2-3-11-8(5-10)4-9(14(20)17-11)6-12(13(15)19)16-7-18/h2-5,7,12H,6H2,1H3,(H2,15,19)(H,16,18)(H,17,20). The van der Waals surface area contributed by atoms with Crippen molar-refractivity contribution in [2.75, 3.05) is 7.11 Å². The number of carbonyl (C=O) groups excluding carboxylic acids is 2. The molecule has 1 heterocycles. The molecular formula is C14H15N3O4. The van der Waals surface area contributed by atoms with E-state index >= 15 is 0 Å². The lowest BCUT2D eigenvalue weighted by molar-refractivity contribution is -0.122. The number of aromatic nitrogens is 1. The van der Waals surface area contributed by atoms with Gasteiger partial charge in [0.2, 0.25) is 12.3 Å². The third-order valence-corrected chi connectivity index (χ3v) is 3.17. The SMILES string of the molecule is COc1ccc2[nH]c(=O)c(CC(NC=O)C(N)=O)cc2c1. The fourth-order valence-electron chi connectivity index (χ4n) is 2.05. The second kappa shape index (κ2) is 6.08. The van der Waals surface area contributed by atoms with Crippen molar-refractivity contribution in [3.63, 3.8) is 0 Å². The van der Waals surface area contributed by atoms with Crippen molar-refractivity contribution in [1.82, 2.24) is 10.3 Å². The van der Waals surface area contributed by atoms with Crippen molar-refractivity contribution in [3.05, 3.63) is 40.2 Å².